The van der Waals surface area contributed by atoms with Gasteiger partial charge < -0.3 is 25.2 Å². The van der Waals surface area contributed by atoms with Crippen LogP contribution >= 0.6 is 0 Å². The van der Waals surface area contributed by atoms with Crippen LogP contribution in [0.4, 0.5) is 5.69 Å². The average molecular weight is 377 g/mol. The highest BCUT2D eigenvalue weighted by Gasteiger charge is 2.21. The van der Waals surface area contributed by atoms with Gasteiger partial charge in [0.05, 0.1) is 26.8 Å². The van der Waals surface area contributed by atoms with E-state index in [0.717, 1.165) is 22.6 Å². The number of hydrogen-bond donors (Lipinski definition) is 3. The lowest BCUT2D eigenvalue weighted by Crippen LogP contribution is -3.11. The second-order valence-corrected chi connectivity index (χ2v) is 6.64. The van der Waals surface area contributed by atoms with Crippen molar-refractivity contribution in [3.63, 3.8) is 0 Å². The Labute approximate surface area is 159 Å². The number of carbonyl (C=O) groups excluding carboxylic acids is 3. The Morgan fingerprint density at radius 3 is 2.52 bits per heavy atom. The lowest BCUT2D eigenvalue weighted by atomic mass is 10.1. The summed E-state index contributed by atoms with van der Waals surface area (Å²) in [6, 6.07) is 7.58. The van der Waals surface area contributed by atoms with Crippen LogP contribution in [-0.4, -0.2) is 75.6 Å². The highest BCUT2D eigenvalue weighted by atomic mass is 16.5. The topological polar surface area (TPSA) is 92.2 Å². The fraction of sp³-hybridized carbons (Fsp3) is 0.526. The van der Waals surface area contributed by atoms with Crippen LogP contribution in [0.5, 0.6) is 0 Å². The highest BCUT2D eigenvalue weighted by Crippen LogP contribution is 2.14. The molecule has 1 fully saturated rings. The number of carbonyl (C=O) groups is 3. The van der Waals surface area contributed by atoms with Gasteiger partial charge in [-0.3, -0.25) is 14.4 Å². The van der Waals surface area contributed by atoms with Crippen LogP contribution in [-0.2, 0) is 25.5 Å². The molecule has 0 spiro atoms. The van der Waals surface area contributed by atoms with Crippen molar-refractivity contribution in [3.8, 4) is 0 Å². The zero-order chi connectivity index (χ0) is 19.6. The number of para-hydroxylation sites is 1. The van der Waals surface area contributed by atoms with E-state index in [2.05, 4.69) is 10.6 Å². The minimum atomic E-state index is -0.272. The molecule has 1 heterocycles. The summed E-state index contributed by atoms with van der Waals surface area (Å²) >= 11 is 0. The minimum Gasteiger partial charge on any atom is -0.378 e. The Morgan fingerprint density at radius 2 is 1.81 bits per heavy atom. The van der Waals surface area contributed by atoms with Crippen molar-refractivity contribution < 1.29 is 24.0 Å². The van der Waals surface area contributed by atoms with Crippen LogP contribution < -0.4 is 15.5 Å². The summed E-state index contributed by atoms with van der Waals surface area (Å²) in [6.45, 7) is 4.60. The van der Waals surface area contributed by atoms with E-state index in [-0.39, 0.29) is 37.4 Å². The first-order valence-electron chi connectivity index (χ1n) is 9.31. The Hall–Kier alpha value is -2.45. The molecule has 27 heavy (non-hydrogen) atoms. The van der Waals surface area contributed by atoms with Gasteiger partial charge in [0.2, 0.25) is 5.91 Å². The molecule has 1 aromatic carbocycles. The third kappa shape index (κ3) is 6.99. The molecule has 0 aliphatic carbocycles. The van der Waals surface area contributed by atoms with Crippen LogP contribution in [0, 0.1) is 0 Å². The first-order valence-corrected chi connectivity index (χ1v) is 9.31. The quantitative estimate of drug-likeness (QED) is 0.524. The third-order valence-electron chi connectivity index (χ3n) is 4.40. The molecule has 3 amide bonds. The summed E-state index contributed by atoms with van der Waals surface area (Å²) in [4.78, 5) is 38.8. The Balaban J connectivity index is 1.70. The molecule has 3 N–H and O–H groups in total. The Morgan fingerprint density at radius 1 is 1.11 bits per heavy atom. The lowest BCUT2D eigenvalue weighted by molar-refractivity contribution is -0.863. The number of anilines is 1. The van der Waals surface area contributed by atoms with Gasteiger partial charge in [0.25, 0.3) is 11.8 Å². The van der Waals surface area contributed by atoms with Gasteiger partial charge >= 0.3 is 0 Å². The van der Waals surface area contributed by atoms with Crippen LogP contribution in [0.1, 0.15) is 12.5 Å². The van der Waals surface area contributed by atoms with E-state index in [1.807, 2.05) is 31.2 Å². The van der Waals surface area contributed by atoms with Gasteiger partial charge in [0, 0.05) is 18.8 Å². The maximum absolute atomic E-state index is 12.2. The summed E-state index contributed by atoms with van der Waals surface area (Å²) in [6.07, 6.45) is 0.814. The van der Waals surface area contributed by atoms with E-state index in [9.17, 15) is 14.4 Å². The lowest BCUT2D eigenvalue weighted by Gasteiger charge is -2.27. The molecule has 148 valence electrons. The van der Waals surface area contributed by atoms with Crippen molar-refractivity contribution in [2.24, 2.45) is 0 Å². The summed E-state index contributed by atoms with van der Waals surface area (Å²) in [5.41, 5.74) is 1.81. The molecule has 0 bridgehead atoms. The van der Waals surface area contributed by atoms with Gasteiger partial charge in [-0.25, -0.2) is 0 Å². The normalized spacial score (nSPS) is 15.1. The van der Waals surface area contributed by atoms with Gasteiger partial charge in [-0.05, 0) is 18.1 Å². The SMILES string of the molecule is CCc1ccccc1NC(=O)CNC(=O)C[NH+](C)CC(=O)N1CCOCC1. The second-order valence-electron chi connectivity index (χ2n) is 6.64. The van der Waals surface area contributed by atoms with Crippen molar-refractivity contribution in [3.05, 3.63) is 29.8 Å². The number of nitrogens with one attached hydrogen (secondary N) is 3. The largest absolute Gasteiger partial charge is 0.378 e. The Bertz CT molecular complexity index is 659. The molecule has 1 aliphatic heterocycles. The number of rotatable bonds is 8. The first kappa shape index (κ1) is 20.9. The van der Waals surface area contributed by atoms with Crippen molar-refractivity contribution >= 4 is 23.4 Å². The van der Waals surface area contributed by atoms with Crippen molar-refractivity contribution in [2.75, 3.05) is 58.3 Å². The number of nitrogens with zero attached hydrogens (tertiary/aromatic N) is 1. The molecular weight excluding hydrogens is 348 g/mol. The number of benzene rings is 1. The molecule has 8 nitrogen and oxygen atoms in total. The number of hydrogen-bond acceptors (Lipinski definition) is 4. The number of quaternary nitrogens is 1. The van der Waals surface area contributed by atoms with Gasteiger partial charge in [-0.2, -0.15) is 0 Å². The number of amides is 3. The molecule has 2 rings (SSSR count). The zero-order valence-corrected chi connectivity index (χ0v) is 16.0. The van der Waals surface area contributed by atoms with E-state index in [4.69, 9.17) is 4.74 Å². The van der Waals surface area contributed by atoms with E-state index in [1.165, 1.54) is 0 Å². The summed E-state index contributed by atoms with van der Waals surface area (Å²) in [7, 11) is 1.79. The van der Waals surface area contributed by atoms with Gasteiger partial charge in [0.1, 0.15) is 0 Å². The van der Waals surface area contributed by atoms with Gasteiger partial charge in [-0.1, -0.05) is 25.1 Å². The average Bonchev–Trinajstić information content (AvgIpc) is 2.67. The predicted octanol–water partition coefficient (Wildman–Crippen LogP) is -1.32. The van der Waals surface area contributed by atoms with Gasteiger partial charge in [0.15, 0.2) is 13.1 Å². The number of ether oxygens (including phenoxy) is 1. The van der Waals surface area contributed by atoms with E-state index in [0.29, 0.717) is 26.3 Å². The number of likely N-dealkylation sites (N-methyl/N-ethyl adjacent to an activating group) is 1. The highest BCUT2D eigenvalue weighted by molar-refractivity contribution is 5.95. The maximum atomic E-state index is 12.2. The Kier molecular flexibility index (Phi) is 8.22. The minimum absolute atomic E-state index is 0.0116. The summed E-state index contributed by atoms with van der Waals surface area (Å²) in [5.74, 6) is -0.523. The maximum Gasteiger partial charge on any atom is 0.277 e. The molecule has 1 aromatic rings. The van der Waals surface area contributed by atoms with Crippen LogP contribution in [0.3, 0.4) is 0 Å². The van der Waals surface area contributed by atoms with Crippen molar-refractivity contribution in [2.45, 2.75) is 13.3 Å². The molecule has 1 unspecified atom stereocenters. The summed E-state index contributed by atoms with van der Waals surface area (Å²) in [5, 5.41) is 5.42. The standard InChI is InChI=1S/C19H28N4O4/c1-3-15-6-4-5-7-16(15)21-17(24)12-20-18(25)13-22(2)14-19(26)23-8-10-27-11-9-23/h4-7H,3,8-14H2,1-2H3,(H,20,25)(H,21,24)/p+1. The molecule has 1 aliphatic rings. The van der Waals surface area contributed by atoms with Crippen LogP contribution in [0.2, 0.25) is 0 Å². The van der Waals surface area contributed by atoms with Gasteiger partial charge in [-0.15, -0.1) is 0 Å². The number of aryl methyl sites for hydroxylation is 1. The third-order valence-corrected chi connectivity index (χ3v) is 4.40. The fourth-order valence-electron chi connectivity index (χ4n) is 2.91. The first-order chi connectivity index (χ1) is 13.0. The molecule has 0 aromatic heterocycles. The molecule has 8 heteroatoms. The fourth-order valence-corrected chi connectivity index (χ4v) is 2.91. The second kappa shape index (κ2) is 10.6. The molecule has 1 atom stereocenters. The monoisotopic (exact) mass is 377 g/mol. The molecule has 1 saturated heterocycles. The molecule has 0 radical (unpaired) electrons. The zero-order valence-electron chi connectivity index (χ0n) is 16.0. The smallest absolute Gasteiger partial charge is 0.277 e. The van der Waals surface area contributed by atoms with Crippen LogP contribution in [0.25, 0.3) is 0 Å². The van der Waals surface area contributed by atoms with Crippen LogP contribution in [0.15, 0.2) is 24.3 Å². The van der Waals surface area contributed by atoms with Crippen molar-refractivity contribution in [1.82, 2.24) is 10.2 Å². The predicted molar refractivity (Wildman–Crippen MR) is 101 cm³/mol. The molecule has 0 saturated carbocycles. The summed E-state index contributed by atoms with van der Waals surface area (Å²) < 4.78 is 5.23. The van der Waals surface area contributed by atoms with E-state index in [1.54, 1.807) is 11.9 Å². The molecular formula is C19H29N4O4+. The number of morpholine rings is 1. The van der Waals surface area contributed by atoms with E-state index < -0.39 is 0 Å². The van der Waals surface area contributed by atoms with E-state index >= 15 is 0 Å². The van der Waals surface area contributed by atoms with Crippen molar-refractivity contribution in [1.29, 1.82) is 0 Å².